The minimum Gasteiger partial charge on any atom is -0.469 e. The molecule has 0 saturated heterocycles. The maximum Gasteiger partial charge on any atom is 0.222 e. The fourth-order valence-corrected chi connectivity index (χ4v) is 3.04. The molecular weight excluding hydrogens is 314 g/mol. The molecule has 130 valence electrons. The molecule has 0 saturated carbocycles. The van der Waals surface area contributed by atoms with Crippen LogP contribution >= 0.6 is 0 Å². The van der Waals surface area contributed by atoms with Gasteiger partial charge in [-0.25, -0.2) is 0 Å². The summed E-state index contributed by atoms with van der Waals surface area (Å²) in [6.07, 6.45) is 4.62. The molecule has 1 atom stereocenters. The van der Waals surface area contributed by atoms with Crippen LogP contribution in [0.2, 0.25) is 0 Å². The van der Waals surface area contributed by atoms with Gasteiger partial charge in [-0.15, -0.1) is 0 Å². The summed E-state index contributed by atoms with van der Waals surface area (Å²) < 4.78 is 11.1. The quantitative estimate of drug-likeness (QED) is 0.591. The number of rotatable bonds is 8. The van der Waals surface area contributed by atoms with E-state index in [9.17, 15) is 4.79 Å². The lowest BCUT2D eigenvalue weighted by molar-refractivity contribution is -0.131. The van der Waals surface area contributed by atoms with Crippen LogP contribution in [0.15, 0.2) is 76.0 Å². The zero-order valence-electron chi connectivity index (χ0n) is 14.4. The second kappa shape index (κ2) is 8.38. The van der Waals surface area contributed by atoms with Crippen molar-refractivity contribution in [2.24, 2.45) is 0 Å². The summed E-state index contributed by atoms with van der Waals surface area (Å²) in [6, 6.07) is 17.9. The van der Waals surface area contributed by atoms with Gasteiger partial charge in [-0.05, 0) is 36.2 Å². The first-order valence-corrected chi connectivity index (χ1v) is 8.66. The van der Waals surface area contributed by atoms with Gasteiger partial charge < -0.3 is 13.7 Å². The molecule has 0 aliphatic carbocycles. The zero-order valence-corrected chi connectivity index (χ0v) is 14.4. The van der Waals surface area contributed by atoms with Crippen molar-refractivity contribution in [1.82, 2.24) is 4.90 Å². The van der Waals surface area contributed by atoms with Gasteiger partial charge in [0.25, 0.3) is 0 Å². The summed E-state index contributed by atoms with van der Waals surface area (Å²) in [5, 5.41) is 0. The van der Waals surface area contributed by atoms with Gasteiger partial charge in [-0.1, -0.05) is 37.3 Å². The molecule has 0 spiro atoms. The van der Waals surface area contributed by atoms with E-state index in [2.05, 4.69) is 12.1 Å². The second-order valence-corrected chi connectivity index (χ2v) is 6.02. The van der Waals surface area contributed by atoms with E-state index in [-0.39, 0.29) is 11.8 Å². The summed E-state index contributed by atoms with van der Waals surface area (Å²) in [6.45, 7) is 3.03. The first kappa shape index (κ1) is 17.1. The molecule has 0 fully saturated rings. The van der Waals surface area contributed by atoms with E-state index in [1.165, 1.54) is 5.56 Å². The van der Waals surface area contributed by atoms with Crippen molar-refractivity contribution < 1.29 is 13.6 Å². The lowest BCUT2D eigenvalue weighted by Gasteiger charge is -2.24. The highest BCUT2D eigenvalue weighted by atomic mass is 16.3. The van der Waals surface area contributed by atoms with Gasteiger partial charge >= 0.3 is 0 Å². The summed E-state index contributed by atoms with van der Waals surface area (Å²) in [5.74, 6) is 1.98. The highest BCUT2D eigenvalue weighted by Gasteiger charge is 2.20. The van der Waals surface area contributed by atoms with Gasteiger partial charge in [0.15, 0.2) is 0 Å². The maximum absolute atomic E-state index is 12.3. The molecule has 25 heavy (non-hydrogen) atoms. The Morgan fingerprint density at radius 1 is 1.00 bits per heavy atom. The molecule has 0 N–H and O–H groups in total. The van der Waals surface area contributed by atoms with Crippen molar-refractivity contribution in [1.29, 1.82) is 0 Å². The summed E-state index contributed by atoms with van der Waals surface area (Å²) >= 11 is 0. The molecule has 4 heteroatoms. The Morgan fingerprint density at radius 2 is 1.76 bits per heavy atom. The Labute approximate surface area is 148 Å². The van der Waals surface area contributed by atoms with Crippen molar-refractivity contribution in [3.05, 3.63) is 84.2 Å². The maximum atomic E-state index is 12.3. The standard InChI is InChI=1S/C21H23NO3/c1-2-21(23)22(16-18-10-6-14-24-18)13-12-19(20-11-7-15-25-20)17-8-4-3-5-9-17/h3-11,14-15,19H,2,12-13,16H2,1H3/t19-/m0/s1. The first-order valence-electron chi connectivity index (χ1n) is 8.66. The minimum absolute atomic E-state index is 0.125. The molecular formula is C21H23NO3. The fourth-order valence-electron chi connectivity index (χ4n) is 3.04. The third-order valence-electron chi connectivity index (χ3n) is 4.36. The van der Waals surface area contributed by atoms with Gasteiger partial charge in [0.2, 0.25) is 5.91 Å². The summed E-state index contributed by atoms with van der Waals surface area (Å²) in [5.41, 5.74) is 1.19. The number of hydrogen-bond acceptors (Lipinski definition) is 3. The summed E-state index contributed by atoms with van der Waals surface area (Å²) in [7, 11) is 0. The van der Waals surface area contributed by atoms with Crippen LogP contribution in [0.5, 0.6) is 0 Å². The predicted octanol–water partition coefficient (Wildman–Crippen LogP) is 4.83. The predicted molar refractivity (Wildman–Crippen MR) is 96.0 cm³/mol. The smallest absolute Gasteiger partial charge is 0.222 e. The van der Waals surface area contributed by atoms with Crippen molar-refractivity contribution in [3.63, 3.8) is 0 Å². The van der Waals surface area contributed by atoms with Crippen LogP contribution < -0.4 is 0 Å². The number of amides is 1. The van der Waals surface area contributed by atoms with Gasteiger partial charge in [0.05, 0.1) is 19.1 Å². The topological polar surface area (TPSA) is 46.6 Å². The molecule has 2 aromatic heterocycles. The number of carbonyl (C=O) groups excluding carboxylic acids is 1. The van der Waals surface area contributed by atoms with E-state index in [0.717, 1.165) is 17.9 Å². The second-order valence-electron chi connectivity index (χ2n) is 6.02. The first-order chi connectivity index (χ1) is 12.3. The van der Waals surface area contributed by atoms with Gasteiger partial charge in [0.1, 0.15) is 11.5 Å². The van der Waals surface area contributed by atoms with Gasteiger partial charge in [-0.2, -0.15) is 0 Å². The minimum atomic E-state index is 0.125. The Balaban J connectivity index is 1.75. The van der Waals surface area contributed by atoms with Crippen LogP contribution in [-0.4, -0.2) is 17.4 Å². The zero-order chi connectivity index (χ0) is 17.5. The number of carbonyl (C=O) groups is 1. The molecule has 0 radical (unpaired) electrons. The Bertz CT molecular complexity index is 748. The van der Waals surface area contributed by atoms with Crippen molar-refractivity contribution in [2.45, 2.75) is 32.2 Å². The SMILES string of the molecule is CCC(=O)N(CC[C@@H](c1ccccc1)c1ccco1)Cc1ccco1. The largest absolute Gasteiger partial charge is 0.469 e. The van der Waals surface area contributed by atoms with Gasteiger partial charge in [-0.3, -0.25) is 4.79 Å². The summed E-state index contributed by atoms with van der Waals surface area (Å²) in [4.78, 5) is 14.2. The molecule has 3 rings (SSSR count). The Kier molecular flexibility index (Phi) is 5.73. The van der Waals surface area contributed by atoms with E-state index in [1.807, 2.05) is 54.3 Å². The van der Waals surface area contributed by atoms with Crippen LogP contribution in [-0.2, 0) is 11.3 Å². The van der Waals surface area contributed by atoms with E-state index >= 15 is 0 Å². The van der Waals surface area contributed by atoms with E-state index in [0.29, 0.717) is 19.5 Å². The van der Waals surface area contributed by atoms with Crippen molar-refractivity contribution >= 4 is 5.91 Å². The lowest BCUT2D eigenvalue weighted by atomic mass is 9.93. The molecule has 2 heterocycles. The third kappa shape index (κ3) is 4.41. The molecule has 3 aromatic rings. The van der Waals surface area contributed by atoms with E-state index in [4.69, 9.17) is 8.83 Å². The fraction of sp³-hybridized carbons (Fsp3) is 0.286. The highest BCUT2D eigenvalue weighted by molar-refractivity contribution is 5.75. The monoisotopic (exact) mass is 337 g/mol. The molecule has 1 aromatic carbocycles. The van der Waals surface area contributed by atoms with Crippen LogP contribution in [0, 0.1) is 0 Å². The Hall–Kier alpha value is -2.75. The number of furan rings is 2. The van der Waals surface area contributed by atoms with Crippen LogP contribution in [0.25, 0.3) is 0 Å². The molecule has 0 unspecified atom stereocenters. The van der Waals surface area contributed by atoms with Crippen LogP contribution in [0.3, 0.4) is 0 Å². The molecule has 0 aliphatic heterocycles. The lowest BCUT2D eigenvalue weighted by Crippen LogP contribution is -2.31. The van der Waals surface area contributed by atoms with Crippen molar-refractivity contribution in [2.75, 3.05) is 6.54 Å². The molecule has 4 nitrogen and oxygen atoms in total. The molecule has 0 bridgehead atoms. The average molecular weight is 337 g/mol. The normalized spacial score (nSPS) is 12.0. The number of nitrogens with zero attached hydrogens (tertiary/aromatic N) is 1. The van der Waals surface area contributed by atoms with E-state index in [1.54, 1.807) is 12.5 Å². The Morgan fingerprint density at radius 3 is 2.40 bits per heavy atom. The van der Waals surface area contributed by atoms with Crippen LogP contribution in [0.4, 0.5) is 0 Å². The van der Waals surface area contributed by atoms with Gasteiger partial charge in [0, 0.05) is 18.9 Å². The molecule has 0 aliphatic rings. The van der Waals surface area contributed by atoms with E-state index < -0.39 is 0 Å². The third-order valence-corrected chi connectivity index (χ3v) is 4.36. The average Bonchev–Trinajstić information content (AvgIpc) is 3.35. The highest BCUT2D eigenvalue weighted by Crippen LogP contribution is 2.28. The number of hydrogen-bond donors (Lipinski definition) is 0. The van der Waals surface area contributed by atoms with Crippen LogP contribution in [0.1, 0.15) is 42.8 Å². The molecule has 1 amide bonds. The number of benzene rings is 1. The van der Waals surface area contributed by atoms with Crippen molar-refractivity contribution in [3.8, 4) is 0 Å².